The van der Waals surface area contributed by atoms with Gasteiger partial charge in [-0.25, -0.2) is 0 Å². The zero-order chi connectivity index (χ0) is 31.5. The number of carbonyl (C=O) groups is 3. The number of hydrogen-bond acceptors (Lipinski definition) is 10. The van der Waals surface area contributed by atoms with Gasteiger partial charge in [-0.15, -0.1) is 0 Å². The molecule has 0 aromatic rings. The van der Waals surface area contributed by atoms with Gasteiger partial charge < -0.3 is 0 Å². The Kier molecular flexibility index (Phi) is 20.7. The third-order valence-electron chi connectivity index (χ3n) is 6.88. The summed E-state index contributed by atoms with van der Waals surface area (Å²) in [6, 6.07) is 0. The molecule has 1 saturated heterocycles. The van der Waals surface area contributed by atoms with Crippen LogP contribution in [0.25, 0.3) is 0 Å². The SMILES string of the molecule is CCCCCCCCN(CC(O)[CH2][Gd][N]1CCN(CC(=O)O)CCN(CC(=O)O)CCN(CC(=O)O)CC1)S(C)(=O)=O. The first-order valence-electron chi connectivity index (χ1n) is 14.6. The molecule has 0 bridgehead atoms. The summed E-state index contributed by atoms with van der Waals surface area (Å²) >= 11 is -1.09. The van der Waals surface area contributed by atoms with Crippen LogP contribution < -0.4 is 0 Å². The fraction of sp³-hybridized carbons (Fsp3) is 0.885. The molecule has 0 spiro atoms. The Morgan fingerprint density at radius 1 is 0.738 bits per heavy atom. The van der Waals surface area contributed by atoms with E-state index in [0.717, 1.165) is 38.4 Å². The van der Waals surface area contributed by atoms with Crippen molar-refractivity contribution in [3.8, 4) is 0 Å². The molecule has 1 unspecified atom stereocenters. The zero-order valence-corrected chi connectivity index (χ0v) is 28.1. The third-order valence-corrected chi connectivity index (χ3v) is 11.7. The van der Waals surface area contributed by atoms with Gasteiger partial charge in [0.05, 0.1) is 0 Å². The Labute approximate surface area is 270 Å². The van der Waals surface area contributed by atoms with E-state index in [1.807, 2.05) is 0 Å². The van der Waals surface area contributed by atoms with Gasteiger partial charge in [0.15, 0.2) is 0 Å². The minimum atomic E-state index is -3.47. The summed E-state index contributed by atoms with van der Waals surface area (Å²) in [5.74, 6) is -2.97. The predicted molar refractivity (Wildman–Crippen MR) is 154 cm³/mol. The molecule has 0 saturated carbocycles. The Morgan fingerprint density at radius 3 is 1.55 bits per heavy atom. The summed E-state index contributed by atoms with van der Waals surface area (Å²) in [6.45, 7) is 5.17. The van der Waals surface area contributed by atoms with E-state index in [-0.39, 0.29) is 26.2 Å². The maximum absolute atomic E-state index is 12.4. The van der Waals surface area contributed by atoms with Gasteiger partial charge in [0.1, 0.15) is 0 Å². The first kappa shape index (κ1) is 39.5. The number of carboxylic acids is 3. The molecule has 42 heavy (non-hydrogen) atoms. The molecule has 1 aliphatic rings. The summed E-state index contributed by atoms with van der Waals surface area (Å²) < 4.78 is 28.7. The second kappa shape index (κ2) is 22.0. The molecule has 1 aliphatic heterocycles. The Hall–Kier alpha value is -0.555. The number of carboxylic acid groups (broad SMARTS) is 3. The molecule has 0 amide bonds. The van der Waals surface area contributed by atoms with Crippen LogP contribution in [-0.2, 0) is 24.4 Å². The van der Waals surface area contributed by atoms with E-state index < -0.39 is 70.3 Å². The number of nitrogens with zero attached hydrogens (tertiary/aromatic N) is 5. The van der Waals surface area contributed by atoms with E-state index in [1.54, 1.807) is 14.7 Å². The number of sulfonamides is 1. The van der Waals surface area contributed by atoms with Gasteiger partial charge in [0, 0.05) is 0 Å². The standard InChI is InChI=1S/C14H25N4O6.C12H26NO3S.Gd/c19-12(20)9-16-3-1-15-2-4-17(10-13(21)22)6-8-18(7-5-16)11-14(23)24;1-4-5-6-7-8-9-10-13(11-12(2)14)17(3,15)16;/h1-11H2,(H,19,20)(H,21,22)(H,23,24);12,14H,2,4-11H2,1,3H3;/q-1;;+1. The van der Waals surface area contributed by atoms with E-state index >= 15 is 0 Å². The minimum absolute atomic E-state index is 0.0321. The molecule has 1 heterocycles. The van der Waals surface area contributed by atoms with Crippen LogP contribution in [0.15, 0.2) is 0 Å². The van der Waals surface area contributed by atoms with Crippen LogP contribution >= 0.6 is 0 Å². The van der Waals surface area contributed by atoms with Crippen molar-refractivity contribution in [1.29, 1.82) is 0 Å². The second-order valence-electron chi connectivity index (χ2n) is 10.7. The number of aliphatic hydroxyl groups is 1. The quantitative estimate of drug-likeness (QED) is 0.128. The summed E-state index contributed by atoms with van der Waals surface area (Å²) in [5, 5.41) is 38.9. The monoisotopic (exact) mass is 767 g/mol. The molecule has 1 atom stereocenters. The van der Waals surface area contributed by atoms with Crippen LogP contribution in [0.3, 0.4) is 0 Å². The average Bonchev–Trinajstić information content (AvgIpc) is 2.88. The molecule has 0 aromatic carbocycles. The average molecular weight is 767 g/mol. The van der Waals surface area contributed by atoms with Crippen molar-refractivity contribution in [2.45, 2.75) is 53.8 Å². The second-order valence-corrected chi connectivity index (χ2v) is 15.8. The van der Waals surface area contributed by atoms with Gasteiger partial charge >= 0.3 is 273 Å². The van der Waals surface area contributed by atoms with E-state index in [2.05, 4.69) is 8.02 Å². The molecular weight excluding hydrogens is 716 g/mol. The van der Waals surface area contributed by atoms with Gasteiger partial charge in [0.2, 0.25) is 0 Å². The molecule has 248 valence electrons. The van der Waals surface area contributed by atoms with Crippen molar-refractivity contribution < 1.29 is 79.5 Å². The fourth-order valence-electron chi connectivity index (χ4n) is 4.58. The van der Waals surface area contributed by atoms with E-state index in [9.17, 15) is 43.2 Å². The zero-order valence-electron chi connectivity index (χ0n) is 25.0. The molecule has 0 aromatic heterocycles. The first-order valence-corrected chi connectivity index (χ1v) is 19.0. The van der Waals surface area contributed by atoms with Crippen LogP contribution in [0.2, 0.25) is 2.20 Å². The van der Waals surface area contributed by atoms with Gasteiger partial charge in [0.25, 0.3) is 0 Å². The normalized spacial score (nSPS) is 18.5. The predicted octanol–water partition coefficient (Wildman–Crippen LogP) is -0.137. The van der Waals surface area contributed by atoms with Crippen molar-refractivity contribution in [3.05, 3.63) is 0 Å². The molecular formula is C26H51GdN5O9S. The topological polar surface area (TPSA) is 182 Å². The van der Waals surface area contributed by atoms with Crippen LogP contribution in [0, 0.1) is 36.3 Å². The molecule has 1 rings (SSSR count). The van der Waals surface area contributed by atoms with E-state index in [1.165, 1.54) is 10.7 Å². The van der Waals surface area contributed by atoms with Crippen LogP contribution in [0.1, 0.15) is 45.4 Å². The molecule has 0 radical (unpaired) electrons. The summed E-state index contributed by atoms with van der Waals surface area (Å²) in [4.78, 5) is 39.5. The van der Waals surface area contributed by atoms with Crippen molar-refractivity contribution >= 4 is 27.9 Å². The molecule has 14 nitrogen and oxygen atoms in total. The number of unbranched alkanes of at least 4 members (excludes halogenated alkanes) is 5. The van der Waals surface area contributed by atoms with Crippen LogP contribution in [-0.4, -0.2) is 164 Å². The maximum atomic E-state index is 12.4. The van der Waals surface area contributed by atoms with E-state index in [4.69, 9.17) is 0 Å². The van der Waals surface area contributed by atoms with Crippen molar-refractivity contribution in [3.63, 3.8) is 0 Å². The van der Waals surface area contributed by atoms with Crippen LogP contribution in [0.4, 0.5) is 0 Å². The Balaban J connectivity index is 2.85. The van der Waals surface area contributed by atoms with Crippen molar-refractivity contribution in [2.24, 2.45) is 0 Å². The first-order chi connectivity index (χ1) is 19.8. The van der Waals surface area contributed by atoms with Gasteiger partial charge in [-0.05, 0) is 0 Å². The Morgan fingerprint density at radius 2 is 1.14 bits per heavy atom. The number of aliphatic hydroxyl groups excluding tert-OH is 1. The molecule has 4 N–H and O–H groups in total. The fourth-order valence-corrected chi connectivity index (χ4v) is 8.01. The number of aliphatic carboxylic acids is 3. The van der Waals surface area contributed by atoms with Crippen molar-refractivity contribution in [2.75, 3.05) is 91.3 Å². The summed E-state index contributed by atoms with van der Waals surface area (Å²) in [7, 11) is -3.47. The number of hydrogen-bond donors (Lipinski definition) is 4. The molecule has 16 heteroatoms. The Bertz CT molecular complexity index is 883. The van der Waals surface area contributed by atoms with Gasteiger partial charge in [-0.1, -0.05) is 0 Å². The van der Waals surface area contributed by atoms with E-state index in [0.29, 0.717) is 61.1 Å². The van der Waals surface area contributed by atoms with Gasteiger partial charge in [-0.2, -0.15) is 0 Å². The summed E-state index contributed by atoms with van der Waals surface area (Å²) in [5.41, 5.74) is 0. The van der Waals surface area contributed by atoms with Gasteiger partial charge in [-0.3, -0.25) is 0 Å². The van der Waals surface area contributed by atoms with Crippen LogP contribution in [0.5, 0.6) is 0 Å². The molecule has 0 aliphatic carbocycles. The molecule has 1 fully saturated rings. The number of rotatable bonds is 19. The third kappa shape index (κ3) is 19.7. The summed E-state index contributed by atoms with van der Waals surface area (Å²) in [6.07, 6.45) is 6.52. The van der Waals surface area contributed by atoms with Crippen molar-refractivity contribution in [1.82, 2.24) is 20.1 Å².